The number of cyclic esters (lactones) is 1. The van der Waals surface area contributed by atoms with Crippen LogP contribution in [0.1, 0.15) is 38.3 Å². The molecule has 8 nitrogen and oxygen atoms in total. The molecule has 5 rings (SSSR count). The smallest absolute Gasteiger partial charge is 0.407 e. The number of allylic oxidation sites excluding steroid dienone is 1. The third kappa shape index (κ3) is 5.97. The average Bonchev–Trinajstić information content (AvgIpc) is 3.22. The van der Waals surface area contributed by atoms with E-state index in [1.54, 1.807) is 12.3 Å². The summed E-state index contributed by atoms with van der Waals surface area (Å²) in [6.45, 7) is 1.54. The molecule has 0 bridgehead atoms. The molecular formula is C30H33FN2O6. The van der Waals surface area contributed by atoms with Gasteiger partial charge in [0.05, 0.1) is 18.7 Å². The number of methoxy groups -OCH3 is 1. The predicted octanol–water partition coefficient (Wildman–Crippen LogP) is 4.78. The molecule has 206 valence electrons. The lowest BCUT2D eigenvalue weighted by Crippen LogP contribution is -2.48. The minimum absolute atomic E-state index is 0.0931. The number of esters is 2. The molecule has 0 unspecified atom stereocenters. The van der Waals surface area contributed by atoms with Crippen LogP contribution in [0.4, 0.5) is 9.18 Å². The van der Waals surface area contributed by atoms with E-state index in [0.717, 1.165) is 42.5 Å². The van der Waals surface area contributed by atoms with Gasteiger partial charge in [-0.05, 0) is 80.2 Å². The first-order chi connectivity index (χ1) is 18.8. The Bertz CT molecular complexity index is 1250. The Morgan fingerprint density at radius 3 is 2.77 bits per heavy atom. The van der Waals surface area contributed by atoms with Crippen LogP contribution in [-0.4, -0.2) is 48.9 Å². The van der Waals surface area contributed by atoms with Gasteiger partial charge < -0.3 is 19.5 Å². The van der Waals surface area contributed by atoms with Crippen molar-refractivity contribution < 1.29 is 33.0 Å². The number of carbonyl (C=O) groups excluding carboxylic acids is 3. The summed E-state index contributed by atoms with van der Waals surface area (Å²) in [6, 6.07) is 10.2. The Morgan fingerprint density at radius 2 is 2.03 bits per heavy atom. The number of amides is 1. The summed E-state index contributed by atoms with van der Waals surface area (Å²) in [5.41, 5.74) is 2.39. The van der Waals surface area contributed by atoms with Crippen LogP contribution in [0.2, 0.25) is 0 Å². The monoisotopic (exact) mass is 536 g/mol. The standard InChI is InChI=1S/C30H33FN2O6/c1-17-28-25(11-8-22-7-6-19(15-32-22)18-4-3-5-21(31)12-18)24-10-9-23(33-30(36)38-16-27(34)37-2)13-20(24)14-26(28)29(35)39-17/h3-8,11-12,15,17,20,23-26,28H,9-10,13-14,16H2,1-2H3,(H,33,36)/t17-,20+,23+,24-,25+,26-,28+/m1/s1. The van der Waals surface area contributed by atoms with Gasteiger partial charge in [0, 0.05) is 23.7 Å². The zero-order chi connectivity index (χ0) is 27.5. The second-order valence-electron chi connectivity index (χ2n) is 10.7. The number of pyridine rings is 1. The van der Waals surface area contributed by atoms with E-state index in [1.165, 1.54) is 19.2 Å². The van der Waals surface area contributed by atoms with Gasteiger partial charge in [-0.1, -0.05) is 24.3 Å². The number of alkyl carbamates (subject to hydrolysis) is 1. The quantitative estimate of drug-likeness (QED) is 0.419. The number of benzene rings is 1. The van der Waals surface area contributed by atoms with Crippen LogP contribution in [0.5, 0.6) is 0 Å². The fourth-order valence-electron chi connectivity index (χ4n) is 6.69. The summed E-state index contributed by atoms with van der Waals surface area (Å²) in [5, 5.41) is 2.87. The van der Waals surface area contributed by atoms with Crippen molar-refractivity contribution in [3.05, 3.63) is 60.2 Å². The van der Waals surface area contributed by atoms with E-state index in [1.807, 2.05) is 31.2 Å². The molecule has 0 radical (unpaired) electrons. The maximum atomic E-state index is 13.6. The van der Waals surface area contributed by atoms with Crippen LogP contribution >= 0.6 is 0 Å². The third-order valence-electron chi connectivity index (χ3n) is 8.45. The van der Waals surface area contributed by atoms with Crippen LogP contribution in [0.3, 0.4) is 0 Å². The highest BCUT2D eigenvalue weighted by Crippen LogP contribution is 2.53. The predicted molar refractivity (Wildman–Crippen MR) is 140 cm³/mol. The number of hydrogen-bond donors (Lipinski definition) is 1. The fourth-order valence-corrected chi connectivity index (χ4v) is 6.69. The van der Waals surface area contributed by atoms with Crippen molar-refractivity contribution in [1.82, 2.24) is 10.3 Å². The van der Waals surface area contributed by atoms with Crippen molar-refractivity contribution in [1.29, 1.82) is 0 Å². The highest BCUT2D eigenvalue weighted by Gasteiger charge is 2.54. The van der Waals surface area contributed by atoms with Crippen molar-refractivity contribution in [2.75, 3.05) is 13.7 Å². The van der Waals surface area contributed by atoms with Gasteiger partial charge in [-0.25, -0.2) is 14.0 Å². The van der Waals surface area contributed by atoms with Crippen molar-refractivity contribution >= 4 is 24.1 Å². The number of carbonyl (C=O) groups is 3. The van der Waals surface area contributed by atoms with Gasteiger partial charge in [-0.2, -0.15) is 0 Å². The lowest BCUT2D eigenvalue weighted by molar-refractivity contribution is -0.145. The normalized spacial score (nSPS) is 29.7. The molecule has 7 atom stereocenters. The Balaban J connectivity index is 1.29. The van der Waals surface area contributed by atoms with Crippen LogP contribution in [-0.2, 0) is 23.8 Å². The number of fused-ring (bicyclic) bond motifs is 2. The van der Waals surface area contributed by atoms with E-state index in [2.05, 4.69) is 21.1 Å². The van der Waals surface area contributed by atoms with E-state index in [-0.39, 0.29) is 47.6 Å². The second-order valence-corrected chi connectivity index (χ2v) is 10.7. The Kier molecular flexibility index (Phi) is 7.95. The maximum Gasteiger partial charge on any atom is 0.407 e. The lowest BCUT2D eigenvalue weighted by atomic mass is 9.57. The average molecular weight is 537 g/mol. The fraction of sp³-hybridized carbons (Fsp3) is 0.467. The summed E-state index contributed by atoms with van der Waals surface area (Å²) in [4.78, 5) is 40.7. The van der Waals surface area contributed by atoms with Crippen molar-refractivity contribution in [3.63, 3.8) is 0 Å². The third-order valence-corrected chi connectivity index (χ3v) is 8.45. The maximum absolute atomic E-state index is 13.6. The molecule has 3 aliphatic rings. The van der Waals surface area contributed by atoms with Crippen LogP contribution in [0, 0.1) is 35.4 Å². The second kappa shape index (κ2) is 11.6. The largest absolute Gasteiger partial charge is 0.466 e. The van der Waals surface area contributed by atoms with Gasteiger partial charge in [0.2, 0.25) is 0 Å². The zero-order valence-electron chi connectivity index (χ0n) is 22.0. The zero-order valence-corrected chi connectivity index (χ0v) is 22.0. The Labute approximate surface area is 226 Å². The van der Waals surface area contributed by atoms with Crippen LogP contribution < -0.4 is 5.32 Å². The first-order valence-corrected chi connectivity index (χ1v) is 13.4. The number of nitrogens with one attached hydrogen (secondary N) is 1. The Morgan fingerprint density at radius 1 is 1.18 bits per heavy atom. The first-order valence-electron chi connectivity index (χ1n) is 13.4. The summed E-state index contributed by atoms with van der Waals surface area (Å²) in [5.74, 6) is -0.420. The van der Waals surface area contributed by atoms with E-state index < -0.39 is 18.7 Å². The summed E-state index contributed by atoms with van der Waals surface area (Å²) >= 11 is 0. The molecule has 2 saturated carbocycles. The van der Waals surface area contributed by atoms with E-state index in [4.69, 9.17) is 9.47 Å². The van der Waals surface area contributed by atoms with Gasteiger partial charge in [0.25, 0.3) is 0 Å². The number of aromatic nitrogens is 1. The number of ether oxygens (including phenoxy) is 3. The molecule has 2 aliphatic carbocycles. The molecule has 9 heteroatoms. The van der Waals surface area contributed by atoms with Crippen LogP contribution in [0.25, 0.3) is 17.2 Å². The van der Waals surface area contributed by atoms with Crippen molar-refractivity contribution in [2.45, 2.75) is 44.8 Å². The summed E-state index contributed by atoms with van der Waals surface area (Å²) in [6.07, 6.45) is 8.24. The number of rotatable bonds is 6. The number of halogens is 1. The highest BCUT2D eigenvalue weighted by atomic mass is 19.1. The first kappa shape index (κ1) is 26.8. The molecule has 39 heavy (non-hydrogen) atoms. The molecule has 2 aromatic rings. The molecule has 3 fully saturated rings. The van der Waals surface area contributed by atoms with Crippen LogP contribution in [0.15, 0.2) is 48.7 Å². The summed E-state index contributed by atoms with van der Waals surface area (Å²) in [7, 11) is 1.24. The molecule has 1 N–H and O–H groups in total. The Hall–Kier alpha value is -3.75. The minimum Gasteiger partial charge on any atom is -0.466 e. The van der Waals surface area contributed by atoms with E-state index in [0.29, 0.717) is 5.92 Å². The number of hydrogen-bond acceptors (Lipinski definition) is 7. The summed E-state index contributed by atoms with van der Waals surface area (Å²) < 4.78 is 28.7. The highest BCUT2D eigenvalue weighted by molar-refractivity contribution is 5.76. The topological polar surface area (TPSA) is 104 Å². The molecular weight excluding hydrogens is 503 g/mol. The molecule has 2 heterocycles. The lowest BCUT2D eigenvalue weighted by Gasteiger charge is -2.47. The van der Waals surface area contributed by atoms with E-state index in [9.17, 15) is 18.8 Å². The van der Waals surface area contributed by atoms with E-state index >= 15 is 0 Å². The van der Waals surface area contributed by atoms with Gasteiger partial charge >= 0.3 is 18.0 Å². The van der Waals surface area contributed by atoms with Gasteiger partial charge in [0.15, 0.2) is 6.61 Å². The molecule has 0 spiro atoms. The minimum atomic E-state index is -0.643. The van der Waals surface area contributed by atoms with Gasteiger partial charge in [-0.3, -0.25) is 9.78 Å². The molecule has 1 aliphatic heterocycles. The van der Waals surface area contributed by atoms with Crippen molar-refractivity contribution in [2.24, 2.45) is 29.6 Å². The molecule has 1 saturated heterocycles. The van der Waals surface area contributed by atoms with Crippen molar-refractivity contribution in [3.8, 4) is 11.1 Å². The molecule has 1 amide bonds. The van der Waals surface area contributed by atoms with Gasteiger partial charge in [0.1, 0.15) is 11.9 Å². The SMILES string of the molecule is COC(=O)COC(=O)N[C@H]1CC[C@@H]2[C@@H](C1)C[C@H]1C(=O)O[C@H](C)[C@H]1[C@H]2C=Cc1ccc(-c2cccc(F)c2)cn1. The van der Waals surface area contributed by atoms with Gasteiger partial charge in [-0.15, -0.1) is 0 Å². The molecule has 1 aromatic heterocycles. The number of nitrogens with zero attached hydrogens (tertiary/aromatic N) is 1. The molecule has 1 aromatic carbocycles.